The van der Waals surface area contributed by atoms with Crippen LogP contribution in [-0.2, 0) is 4.79 Å². The van der Waals surface area contributed by atoms with Crippen molar-refractivity contribution in [3.8, 4) is 0 Å². The molecule has 1 unspecified atom stereocenters. The van der Waals surface area contributed by atoms with Crippen molar-refractivity contribution in [1.82, 2.24) is 10.2 Å². The third-order valence-electron chi connectivity index (χ3n) is 2.99. The molecule has 1 fully saturated rings. The molecule has 1 aromatic carbocycles. The number of piperazine rings is 1. The smallest absolute Gasteiger partial charge is 0.234 e. The highest BCUT2D eigenvalue weighted by molar-refractivity contribution is 6.30. The summed E-state index contributed by atoms with van der Waals surface area (Å²) in [6, 6.07) is 7.71. The fourth-order valence-electron chi connectivity index (χ4n) is 2.11. The molecule has 0 aliphatic carbocycles. The first-order valence-electron chi connectivity index (χ1n) is 5.67. The Morgan fingerprint density at radius 2 is 2.12 bits per heavy atom. The Morgan fingerprint density at radius 1 is 1.41 bits per heavy atom. The number of halogens is 1. The summed E-state index contributed by atoms with van der Waals surface area (Å²) in [6.45, 7) is 2.42. The maximum atomic E-state index is 11.4. The lowest BCUT2D eigenvalue weighted by molar-refractivity contribution is -0.124. The normalized spacial score (nSPS) is 18.8. The van der Waals surface area contributed by atoms with E-state index in [1.807, 2.05) is 24.3 Å². The first-order chi connectivity index (χ1) is 8.20. The van der Waals surface area contributed by atoms with Gasteiger partial charge in [-0.2, -0.15) is 0 Å². The van der Waals surface area contributed by atoms with Crippen LogP contribution in [0.1, 0.15) is 11.6 Å². The zero-order valence-electron chi connectivity index (χ0n) is 9.53. The summed E-state index contributed by atoms with van der Waals surface area (Å²) in [7, 11) is 0. The summed E-state index contributed by atoms with van der Waals surface area (Å²) in [4.78, 5) is 13.5. The minimum Gasteiger partial charge on any atom is -0.354 e. The van der Waals surface area contributed by atoms with Gasteiger partial charge in [0, 0.05) is 30.7 Å². The van der Waals surface area contributed by atoms with Gasteiger partial charge in [0.2, 0.25) is 5.91 Å². The van der Waals surface area contributed by atoms with E-state index in [0.717, 1.165) is 12.1 Å². The number of nitrogens with zero attached hydrogens (tertiary/aromatic N) is 1. The number of nitrogens with one attached hydrogen (secondary N) is 1. The molecule has 1 aromatic rings. The average molecular weight is 254 g/mol. The summed E-state index contributed by atoms with van der Waals surface area (Å²) in [5.74, 6) is 0.0589. The second-order valence-electron chi connectivity index (χ2n) is 4.12. The van der Waals surface area contributed by atoms with Gasteiger partial charge in [-0.25, -0.2) is 0 Å². The minimum absolute atomic E-state index is 0.0589. The molecule has 0 radical (unpaired) electrons. The summed E-state index contributed by atoms with van der Waals surface area (Å²) in [5.41, 5.74) is 6.92. The Labute approximate surface area is 106 Å². The SMILES string of the molecule is NCC(c1ccc(Cl)cc1)N1CCNC(=O)C1. The van der Waals surface area contributed by atoms with Gasteiger partial charge >= 0.3 is 0 Å². The molecule has 1 amide bonds. The number of benzene rings is 1. The van der Waals surface area contributed by atoms with Crippen molar-refractivity contribution in [2.24, 2.45) is 5.73 Å². The number of nitrogens with two attached hydrogens (primary N) is 1. The fraction of sp³-hybridized carbons (Fsp3) is 0.417. The molecule has 1 heterocycles. The van der Waals surface area contributed by atoms with Crippen LogP contribution in [0.15, 0.2) is 24.3 Å². The predicted octanol–water partition coefficient (Wildman–Crippen LogP) is 0.772. The summed E-state index contributed by atoms with van der Waals surface area (Å²) >= 11 is 5.86. The lowest BCUT2D eigenvalue weighted by atomic mass is 10.0. The van der Waals surface area contributed by atoms with Crippen molar-refractivity contribution in [3.63, 3.8) is 0 Å². The lowest BCUT2D eigenvalue weighted by Gasteiger charge is -2.33. The van der Waals surface area contributed by atoms with Crippen molar-refractivity contribution < 1.29 is 4.79 Å². The second-order valence-corrected chi connectivity index (χ2v) is 4.56. The quantitative estimate of drug-likeness (QED) is 0.837. The van der Waals surface area contributed by atoms with Gasteiger partial charge in [0.1, 0.15) is 0 Å². The molecule has 4 nitrogen and oxygen atoms in total. The summed E-state index contributed by atoms with van der Waals surface area (Å²) < 4.78 is 0. The zero-order chi connectivity index (χ0) is 12.3. The van der Waals surface area contributed by atoms with Gasteiger partial charge in [-0.3, -0.25) is 9.69 Å². The third-order valence-corrected chi connectivity index (χ3v) is 3.24. The molecule has 5 heteroatoms. The molecule has 3 N–H and O–H groups in total. The Balaban J connectivity index is 2.15. The van der Waals surface area contributed by atoms with Crippen LogP contribution in [-0.4, -0.2) is 37.0 Å². The number of hydrogen-bond donors (Lipinski definition) is 2. The van der Waals surface area contributed by atoms with Crippen LogP contribution in [0.25, 0.3) is 0 Å². The van der Waals surface area contributed by atoms with E-state index in [1.165, 1.54) is 0 Å². The van der Waals surface area contributed by atoms with Crippen LogP contribution < -0.4 is 11.1 Å². The van der Waals surface area contributed by atoms with Crippen LogP contribution >= 0.6 is 11.6 Å². The van der Waals surface area contributed by atoms with Crippen molar-refractivity contribution >= 4 is 17.5 Å². The largest absolute Gasteiger partial charge is 0.354 e. The van der Waals surface area contributed by atoms with Gasteiger partial charge in [0.15, 0.2) is 0 Å². The molecule has 0 saturated carbocycles. The van der Waals surface area contributed by atoms with Gasteiger partial charge in [0.25, 0.3) is 0 Å². The highest BCUT2D eigenvalue weighted by atomic mass is 35.5. The van der Waals surface area contributed by atoms with E-state index >= 15 is 0 Å². The average Bonchev–Trinajstić information content (AvgIpc) is 2.33. The standard InChI is InChI=1S/C12H16ClN3O/c13-10-3-1-9(2-4-10)11(7-14)16-6-5-15-12(17)8-16/h1-4,11H,5-8,14H2,(H,15,17). The zero-order valence-corrected chi connectivity index (χ0v) is 10.3. The number of carbonyl (C=O) groups is 1. The molecule has 2 rings (SSSR count). The molecule has 0 aromatic heterocycles. The number of carbonyl (C=O) groups excluding carboxylic acids is 1. The van der Waals surface area contributed by atoms with Crippen LogP contribution in [0.5, 0.6) is 0 Å². The van der Waals surface area contributed by atoms with E-state index < -0.39 is 0 Å². The van der Waals surface area contributed by atoms with Gasteiger partial charge in [-0.05, 0) is 17.7 Å². The second kappa shape index (κ2) is 5.49. The van der Waals surface area contributed by atoms with Crippen LogP contribution in [0.4, 0.5) is 0 Å². The Kier molecular flexibility index (Phi) is 3.99. The molecule has 0 spiro atoms. The Bertz CT molecular complexity index is 393. The van der Waals surface area contributed by atoms with Gasteiger partial charge in [-0.15, -0.1) is 0 Å². The van der Waals surface area contributed by atoms with Crippen molar-refractivity contribution in [2.45, 2.75) is 6.04 Å². The summed E-state index contributed by atoms with van der Waals surface area (Å²) in [5, 5.41) is 3.52. The maximum Gasteiger partial charge on any atom is 0.234 e. The Hall–Kier alpha value is -1.10. The fourth-order valence-corrected chi connectivity index (χ4v) is 2.23. The van der Waals surface area contributed by atoms with E-state index in [-0.39, 0.29) is 11.9 Å². The Morgan fingerprint density at radius 3 is 2.71 bits per heavy atom. The van der Waals surface area contributed by atoms with E-state index in [2.05, 4.69) is 10.2 Å². The van der Waals surface area contributed by atoms with Gasteiger partial charge in [-0.1, -0.05) is 23.7 Å². The number of rotatable bonds is 3. The van der Waals surface area contributed by atoms with Crippen LogP contribution in [0, 0.1) is 0 Å². The van der Waals surface area contributed by atoms with E-state index in [4.69, 9.17) is 17.3 Å². The third kappa shape index (κ3) is 2.97. The van der Waals surface area contributed by atoms with Crippen molar-refractivity contribution in [1.29, 1.82) is 0 Å². The predicted molar refractivity (Wildman–Crippen MR) is 67.8 cm³/mol. The monoisotopic (exact) mass is 253 g/mol. The van der Waals surface area contributed by atoms with Crippen molar-refractivity contribution in [3.05, 3.63) is 34.9 Å². The molecule has 92 valence electrons. The van der Waals surface area contributed by atoms with Gasteiger partial charge in [0.05, 0.1) is 6.54 Å². The molecule has 17 heavy (non-hydrogen) atoms. The van der Waals surface area contributed by atoms with E-state index in [0.29, 0.717) is 24.7 Å². The molecule has 1 saturated heterocycles. The minimum atomic E-state index is 0.0589. The lowest BCUT2D eigenvalue weighted by Crippen LogP contribution is -2.50. The molecule has 1 atom stereocenters. The first kappa shape index (κ1) is 12.4. The van der Waals surface area contributed by atoms with Gasteiger partial charge < -0.3 is 11.1 Å². The molecule has 0 bridgehead atoms. The van der Waals surface area contributed by atoms with E-state index in [1.54, 1.807) is 0 Å². The molecular weight excluding hydrogens is 238 g/mol. The molecular formula is C12H16ClN3O. The van der Waals surface area contributed by atoms with E-state index in [9.17, 15) is 4.79 Å². The molecule has 1 aliphatic heterocycles. The number of amides is 1. The van der Waals surface area contributed by atoms with Crippen LogP contribution in [0.3, 0.4) is 0 Å². The highest BCUT2D eigenvalue weighted by Gasteiger charge is 2.24. The first-order valence-corrected chi connectivity index (χ1v) is 6.05. The summed E-state index contributed by atoms with van der Waals surface area (Å²) in [6.07, 6.45) is 0. The topological polar surface area (TPSA) is 58.4 Å². The number of hydrogen-bond acceptors (Lipinski definition) is 3. The maximum absolute atomic E-state index is 11.4. The van der Waals surface area contributed by atoms with Crippen molar-refractivity contribution in [2.75, 3.05) is 26.2 Å². The van der Waals surface area contributed by atoms with Crippen LogP contribution in [0.2, 0.25) is 5.02 Å². The highest BCUT2D eigenvalue weighted by Crippen LogP contribution is 2.21. The molecule has 1 aliphatic rings.